The average molecular weight is 286 g/mol. The largest absolute Gasteiger partial charge is 0.444 e. The highest BCUT2D eigenvalue weighted by Gasteiger charge is 2.26. The van der Waals surface area contributed by atoms with Crippen molar-refractivity contribution in [2.75, 3.05) is 45.8 Å². The Balaban J connectivity index is 2.29. The molecule has 20 heavy (non-hydrogen) atoms. The predicted octanol–water partition coefficient (Wildman–Crippen LogP) is -0.386. The van der Waals surface area contributed by atoms with E-state index in [1.54, 1.807) is 4.90 Å². The van der Waals surface area contributed by atoms with Gasteiger partial charge in [-0.3, -0.25) is 9.69 Å². The summed E-state index contributed by atoms with van der Waals surface area (Å²) in [6.45, 7) is 9.36. The molecule has 0 unspecified atom stereocenters. The molecule has 1 rings (SSSR count). The molecule has 1 saturated heterocycles. The first-order valence-corrected chi connectivity index (χ1v) is 6.99. The summed E-state index contributed by atoms with van der Waals surface area (Å²) in [4.78, 5) is 27.1. The van der Waals surface area contributed by atoms with Crippen molar-refractivity contribution in [1.29, 1.82) is 0 Å². The molecule has 1 fully saturated rings. The van der Waals surface area contributed by atoms with Gasteiger partial charge in [0.05, 0.1) is 6.54 Å². The van der Waals surface area contributed by atoms with Gasteiger partial charge in [-0.25, -0.2) is 4.79 Å². The Bertz CT molecular complexity index is 333. The first-order chi connectivity index (χ1) is 9.31. The molecule has 0 aliphatic carbocycles. The summed E-state index contributed by atoms with van der Waals surface area (Å²) in [5.74, 6) is -0.0267. The molecular formula is C13H26N4O3. The number of piperazine rings is 1. The molecule has 0 spiro atoms. The van der Waals surface area contributed by atoms with Crippen molar-refractivity contribution in [1.82, 2.24) is 15.1 Å². The number of carbonyl (C=O) groups is 2. The summed E-state index contributed by atoms with van der Waals surface area (Å²) in [7, 11) is 0. The zero-order chi connectivity index (χ0) is 15.2. The van der Waals surface area contributed by atoms with E-state index in [4.69, 9.17) is 10.5 Å². The molecule has 116 valence electrons. The van der Waals surface area contributed by atoms with E-state index < -0.39 is 5.60 Å². The molecule has 3 N–H and O–H groups in total. The topological polar surface area (TPSA) is 87.9 Å². The van der Waals surface area contributed by atoms with Gasteiger partial charge < -0.3 is 20.7 Å². The molecule has 1 heterocycles. The van der Waals surface area contributed by atoms with E-state index >= 15 is 0 Å². The monoisotopic (exact) mass is 286 g/mol. The van der Waals surface area contributed by atoms with Crippen LogP contribution in [0.5, 0.6) is 0 Å². The minimum atomic E-state index is -0.476. The van der Waals surface area contributed by atoms with Crippen LogP contribution in [0.25, 0.3) is 0 Å². The van der Waals surface area contributed by atoms with E-state index in [0.29, 0.717) is 45.8 Å². The molecule has 1 aliphatic rings. The fraction of sp³-hybridized carbons (Fsp3) is 0.846. The van der Waals surface area contributed by atoms with Crippen LogP contribution in [0.4, 0.5) is 4.79 Å². The molecule has 0 atom stereocenters. The maximum Gasteiger partial charge on any atom is 0.410 e. The summed E-state index contributed by atoms with van der Waals surface area (Å²) in [5, 5.41) is 2.73. The third kappa shape index (κ3) is 6.21. The zero-order valence-corrected chi connectivity index (χ0v) is 12.6. The minimum Gasteiger partial charge on any atom is -0.444 e. The smallest absolute Gasteiger partial charge is 0.410 e. The van der Waals surface area contributed by atoms with Crippen molar-refractivity contribution < 1.29 is 14.3 Å². The zero-order valence-electron chi connectivity index (χ0n) is 12.6. The van der Waals surface area contributed by atoms with Crippen molar-refractivity contribution >= 4 is 12.0 Å². The number of nitrogens with one attached hydrogen (secondary N) is 1. The van der Waals surface area contributed by atoms with Crippen LogP contribution in [0, 0.1) is 0 Å². The molecule has 0 aromatic carbocycles. The third-order valence-electron chi connectivity index (χ3n) is 2.86. The number of carbonyl (C=O) groups excluding carboxylic acids is 2. The molecule has 0 saturated carbocycles. The standard InChI is InChI=1S/C13H26N4O3/c1-13(2,3)20-12(19)17-8-6-16(7-9-17)10-11(18)15-5-4-14/h4-10,14H2,1-3H3,(H,15,18). The van der Waals surface area contributed by atoms with E-state index in [-0.39, 0.29) is 12.0 Å². The van der Waals surface area contributed by atoms with Gasteiger partial charge in [0, 0.05) is 39.3 Å². The maximum absolute atomic E-state index is 11.9. The first kappa shape index (κ1) is 16.7. The molecule has 0 aromatic rings. The van der Waals surface area contributed by atoms with E-state index in [0.717, 1.165) is 0 Å². The first-order valence-electron chi connectivity index (χ1n) is 6.99. The normalized spacial score (nSPS) is 16.9. The highest BCUT2D eigenvalue weighted by Crippen LogP contribution is 2.11. The predicted molar refractivity (Wildman–Crippen MR) is 76.3 cm³/mol. The van der Waals surface area contributed by atoms with Gasteiger partial charge >= 0.3 is 6.09 Å². The fourth-order valence-corrected chi connectivity index (χ4v) is 1.89. The molecule has 0 bridgehead atoms. The number of hydrogen-bond donors (Lipinski definition) is 2. The molecule has 1 aliphatic heterocycles. The highest BCUT2D eigenvalue weighted by atomic mass is 16.6. The van der Waals surface area contributed by atoms with E-state index in [1.807, 2.05) is 25.7 Å². The van der Waals surface area contributed by atoms with Crippen LogP contribution >= 0.6 is 0 Å². The average Bonchev–Trinajstić information content (AvgIpc) is 2.35. The van der Waals surface area contributed by atoms with E-state index in [2.05, 4.69) is 5.32 Å². The summed E-state index contributed by atoms with van der Waals surface area (Å²) in [6, 6.07) is 0. The molecule has 7 heteroatoms. The molecular weight excluding hydrogens is 260 g/mol. The second-order valence-corrected chi connectivity index (χ2v) is 5.88. The van der Waals surface area contributed by atoms with Crippen LogP contribution in [0.2, 0.25) is 0 Å². The van der Waals surface area contributed by atoms with E-state index in [9.17, 15) is 9.59 Å². The van der Waals surface area contributed by atoms with Crippen LogP contribution in [-0.2, 0) is 9.53 Å². The molecule has 7 nitrogen and oxygen atoms in total. The van der Waals surface area contributed by atoms with Crippen molar-refractivity contribution in [2.24, 2.45) is 5.73 Å². The number of ether oxygens (including phenoxy) is 1. The number of rotatable bonds is 4. The second-order valence-electron chi connectivity index (χ2n) is 5.88. The third-order valence-corrected chi connectivity index (χ3v) is 2.86. The molecule has 2 amide bonds. The van der Waals surface area contributed by atoms with Gasteiger partial charge in [-0.1, -0.05) is 0 Å². The fourth-order valence-electron chi connectivity index (χ4n) is 1.89. The van der Waals surface area contributed by atoms with Gasteiger partial charge in [-0.05, 0) is 20.8 Å². The van der Waals surface area contributed by atoms with Crippen LogP contribution in [-0.4, -0.2) is 73.2 Å². The lowest BCUT2D eigenvalue weighted by atomic mass is 10.2. The van der Waals surface area contributed by atoms with Crippen molar-refractivity contribution in [2.45, 2.75) is 26.4 Å². The van der Waals surface area contributed by atoms with Crippen LogP contribution < -0.4 is 11.1 Å². The van der Waals surface area contributed by atoms with E-state index in [1.165, 1.54) is 0 Å². The number of nitrogens with two attached hydrogens (primary N) is 1. The SMILES string of the molecule is CC(C)(C)OC(=O)N1CCN(CC(=O)NCCN)CC1. The highest BCUT2D eigenvalue weighted by molar-refractivity contribution is 5.78. The van der Waals surface area contributed by atoms with Gasteiger partial charge in [0.2, 0.25) is 5.91 Å². The maximum atomic E-state index is 11.9. The Kier molecular flexibility index (Phi) is 6.22. The summed E-state index contributed by atoms with van der Waals surface area (Å²) < 4.78 is 5.32. The van der Waals surface area contributed by atoms with Crippen molar-refractivity contribution in [3.05, 3.63) is 0 Å². The Labute approximate surface area is 120 Å². The molecule has 0 radical (unpaired) electrons. The van der Waals surface area contributed by atoms with Gasteiger partial charge in [-0.15, -0.1) is 0 Å². The minimum absolute atomic E-state index is 0.0267. The Morgan fingerprint density at radius 1 is 1.20 bits per heavy atom. The Hall–Kier alpha value is -1.34. The molecule has 0 aromatic heterocycles. The van der Waals surface area contributed by atoms with Gasteiger partial charge in [0.1, 0.15) is 5.60 Å². The number of hydrogen-bond acceptors (Lipinski definition) is 5. The quantitative estimate of drug-likeness (QED) is 0.735. The summed E-state index contributed by atoms with van der Waals surface area (Å²) in [5.41, 5.74) is 4.85. The van der Waals surface area contributed by atoms with Gasteiger partial charge in [0.25, 0.3) is 0 Å². The lowest BCUT2D eigenvalue weighted by molar-refractivity contribution is -0.122. The summed E-state index contributed by atoms with van der Waals surface area (Å²) in [6.07, 6.45) is -0.287. The number of nitrogens with zero attached hydrogens (tertiary/aromatic N) is 2. The second kappa shape index (κ2) is 7.44. The lowest BCUT2D eigenvalue weighted by Gasteiger charge is -2.35. The van der Waals surface area contributed by atoms with Gasteiger partial charge in [-0.2, -0.15) is 0 Å². The Morgan fingerprint density at radius 3 is 2.30 bits per heavy atom. The number of amides is 2. The van der Waals surface area contributed by atoms with Crippen LogP contribution in [0.1, 0.15) is 20.8 Å². The summed E-state index contributed by atoms with van der Waals surface area (Å²) >= 11 is 0. The van der Waals surface area contributed by atoms with Crippen molar-refractivity contribution in [3.63, 3.8) is 0 Å². The lowest BCUT2D eigenvalue weighted by Crippen LogP contribution is -2.52. The van der Waals surface area contributed by atoms with Crippen LogP contribution in [0.3, 0.4) is 0 Å². The van der Waals surface area contributed by atoms with Gasteiger partial charge in [0.15, 0.2) is 0 Å². The van der Waals surface area contributed by atoms with Crippen molar-refractivity contribution in [3.8, 4) is 0 Å². The Morgan fingerprint density at radius 2 is 1.80 bits per heavy atom. The van der Waals surface area contributed by atoms with Crippen LogP contribution in [0.15, 0.2) is 0 Å².